The number of ketones is 1. The number of Topliss-reactive ketones (excluding diaryl/α,β-unsaturated/α-hetero) is 1. The summed E-state index contributed by atoms with van der Waals surface area (Å²) in [5.74, 6) is -2.43. The van der Waals surface area contributed by atoms with Crippen molar-refractivity contribution in [2.24, 2.45) is 0 Å². The van der Waals surface area contributed by atoms with Crippen molar-refractivity contribution >= 4 is 21.7 Å². The highest BCUT2D eigenvalue weighted by atomic mass is 79.9. The van der Waals surface area contributed by atoms with Crippen LogP contribution in [-0.2, 0) is 0 Å². The lowest BCUT2D eigenvalue weighted by Crippen LogP contribution is -1.98. The number of halogens is 3. The van der Waals surface area contributed by atoms with Gasteiger partial charge in [-0.1, -0.05) is 28.1 Å². The SMILES string of the molecule is CC(=O)c1ccccc1Oc1cc(Br)cc(F)c1F. The van der Waals surface area contributed by atoms with Crippen molar-refractivity contribution in [1.29, 1.82) is 0 Å². The van der Waals surface area contributed by atoms with Crippen molar-refractivity contribution in [3.63, 3.8) is 0 Å². The Morgan fingerprint density at radius 1 is 1.16 bits per heavy atom. The van der Waals surface area contributed by atoms with E-state index in [0.717, 1.165) is 6.07 Å². The second kappa shape index (κ2) is 5.48. The van der Waals surface area contributed by atoms with Crippen LogP contribution in [0.25, 0.3) is 0 Å². The highest BCUT2D eigenvalue weighted by Crippen LogP contribution is 2.31. The summed E-state index contributed by atoms with van der Waals surface area (Å²) in [5.41, 5.74) is 0.308. The second-order valence-electron chi connectivity index (χ2n) is 3.85. The molecule has 98 valence electrons. The Bertz CT molecular complexity index is 641. The molecule has 2 aromatic carbocycles. The van der Waals surface area contributed by atoms with E-state index in [1.54, 1.807) is 18.2 Å². The third-order valence-corrected chi connectivity index (χ3v) is 2.90. The average Bonchev–Trinajstić information content (AvgIpc) is 2.35. The molecule has 0 unspecified atom stereocenters. The van der Waals surface area contributed by atoms with E-state index in [1.165, 1.54) is 19.1 Å². The van der Waals surface area contributed by atoms with Crippen molar-refractivity contribution in [2.75, 3.05) is 0 Å². The molecule has 0 spiro atoms. The minimum atomic E-state index is -1.10. The van der Waals surface area contributed by atoms with Gasteiger partial charge in [0.05, 0.1) is 5.56 Å². The number of hydrogen-bond acceptors (Lipinski definition) is 2. The van der Waals surface area contributed by atoms with E-state index in [9.17, 15) is 13.6 Å². The fourth-order valence-corrected chi connectivity index (χ4v) is 1.98. The largest absolute Gasteiger partial charge is 0.453 e. The predicted molar refractivity (Wildman–Crippen MR) is 70.6 cm³/mol. The number of rotatable bonds is 3. The third-order valence-electron chi connectivity index (χ3n) is 2.45. The molecule has 0 bridgehead atoms. The summed E-state index contributed by atoms with van der Waals surface area (Å²) in [6.45, 7) is 1.38. The van der Waals surface area contributed by atoms with Gasteiger partial charge in [0, 0.05) is 4.47 Å². The maximum absolute atomic E-state index is 13.6. The standard InChI is InChI=1S/C14H9BrF2O2/c1-8(18)10-4-2-3-5-12(10)19-13-7-9(15)6-11(16)14(13)17/h2-7H,1H3. The van der Waals surface area contributed by atoms with Crippen molar-refractivity contribution < 1.29 is 18.3 Å². The average molecular weight is 327 g/mol. The zero-order valence-electron chi connectivity index (χ0n) is 9.91. The fourth-order valence-electron chi connectivity index (χ4n) is 1.57. The van der Waals surface area contributed by atoms with Crippen LogP contribution in [0.5, 0.6) is 11.5 Å². The normalized spacial score (nSPS) is 10.3. The Morgan fingerprint density at radius 2 is 1.84 bits per heavy atom. The van der Waals surface area contributed by atoms with E-state index in [2.05, 4.69) is 15.9 Å². The molecule has 0 aromatic heterocycles. The van der Waals surface area contributed by atoms with Gasteiger partial charge in [0.1, 0.15) is 5.75 Å². The summed E-state index contributed by atoms with van der Waals surface area (Å²) in [4.78, 5) is 11.4. The zero-order chi connectivity index (χ0) is 14.0. The Hall–Kier alpha value is -1.75. The molecule has 2 nitrogen and oxygen atoms in total. The van der Waals surface area contributed by atoms with Gasteiger partial charge in [-0.2, -0.15) is 4.39 Å². The molecular formula is C14H9BrF2O2. The van der Waals surface area contributed by atoms with Crippen LogP contribution in [0, 0.1) is 11.6 Å². The summed E-state index contributed by atoms with van der Waals surface area (Å²) in [7, 11) is 0. The van der Waals surface area contributed by atoms with E-state index in [0.29, 0.717) is 10.0 Å². The van der Waals surface area contributed by atoms with E-state index in [4.69, 9.17) is 4.74 Å². The van der Waals surface area contributed by atoms with Gasteiger partial charge in [0.2, 0.25) is 5.82 Å². The van der Waals surface area contributed by atoms with Gasteiger partial charge < -0.3 is 4.74 Å². The molecule has 0 aliphatic carbocycles. The van der Waals surface area contributed by atoms with Crippen molar-refractivity contribution in [2.45, 2.75) is 6.92 Å². The van der Waals surface area contributed by atoms with E-state index < -0.39 is 11.6 Å². The van der Waals surface area contributed by atoms with Gasteiger partial charge >= 0.3 is 0 Å². The lowest BCUT2D eigenvalue weighted by molar-refractivity contribution is 0.101. The van der Waals surface area contributed by atoms with Crippen molar-refractivity contribution in [1.82, 2.24) is 0 Å². The predicted octanol–water partition coefficient (Wildman–Crippen LogP) is 4.72. The number of carbonyl (C=O) groups is 1. The lowest BCUT2D eigenvalue weighted by Gasteiger charge is -2.10. The highest BCUT2D eigenvalue weighted by Gasteiger charge is 2.15. The molecule has 19 heavy (non-hydrogen) atoms. The number of carbonyl (C=O) groups excluding carboxylic acids is 1. The molecule has 0 heterocycles. The molecule has 0 N–H and O–H groups in total. The molecule has 0 saturated heterocycles. The van der Waals surface area contributed by atoms with Crippen LogP contribution >= 0.6 is 15.9 Å². The molecule has 0 aliphatic heterocycles. The van der Waals surface area contributed by atoms with Crippen LogP contribution in [0.4, 0.5) is 8.78 Å². The van der Waals surface area contributed by atoms with Gasteiger partial charge in [-0.05, 0) is 31.2 Å². The van der Waals surface area contributed by atoms with E-state index in [-0.39, 0.29) is 17.3 Å². The van der Waals surface area contributed by atoms with Crippen LogP contribution in [0.3, 0.4) is 0 Å². The van der Waals surface area contributed by atoms with Gasteiger partial charge in [0.15, 0.2) is 17.3 Å². The van der Waals surface area contributed by atoms with Gasteiger partial charge in [0.25, 0.3) is 0 Å². The van der Waals surface area contributed by atoms with Gasteiger partial charge in [-0.25, -0.2) is 4.39 Å². The number of para-hydroxylation sites is 1. The Labute approximate surface area is 117 Å². The molecule has 2 rings (SSSR count). The number of hydrogen-bond donors (Lipinski definition) is 0. The van der Waals surface area contributed by atoms with E-state index in [1.807, 2.05) is 0 Å². The smallest absolute Gasteiger partial charge is 0.201 e. The third kappa shape index (κ3) is 2.98. The summed E-state index contributed by atoms with van der Waals surface area (Å²) >= 11 is 3.05. The first-order valence-corrected chi connectivity index (χ1v) is 6.20. The monoisotopic (exact) mass is 326 g/mol. The second-order valence-corrected chi connectivity index (χ2v) is 4.77. The maximum atomic E-state index is 13.6. The summed E-state index contributed by atoms with van der Waals surface area (Å²) in [5, 5.41) is 0. The number of ether oxygens (including phenoxy) is 1. The molecule has 5 heteroatoms. The van der Waals surface area contributed by atoms with Gasteiger partial charge in [-0.15, -0.1) is 0 Å². The molecule has 0 fully saturated rings. The minimum absolute atomic E-state index is 0.186. The lowest BCUT2D eigenvalue weighted by atomic mass is 10.1. The quantitative estimate of drug-likeness (QED) is 0.602. The first-order valence-electron chi connectivity index (χ1n) is 5.41. The van der Waals surface area contributed by atoms with Crippen LogP contribution in [0.15, 0.2) is 40.9 Å². The van der Waals surface area contributed by atoms with Crippen LogP contribution < -0.4 is 4.74 Å². The fraction of sp³-hybridized carbons (Fsp3) is 0.0714. The molecule has 0 saturated carbocycles. The summed E-state index contributed by atoms with van der Waals surface area (Å²) in [6.07, 6.45) is 0. The molecule has 0 amide bonds. The Kier molecular flexibility index (Phi) is 3.95. The molecule has 0 radical (unpaired) electrons. The zero-order valence-corrected chi connectivity index (χ0v) is 11.5. The molecule has 2 aromatic rings. The molecular weight excluding hydrogens is 318 g/mol. The van der Waals surface area contributed by atoms with Gasteiger partial charge in [-0.3, -0.25) is 4.79 Å². The topological polar surface area (TPSA) is 26.3 Å². The first-order chi connectivity index (χ1) is 8.99. The van der Waals surface area contributed by atoms with Crippen molar-refractivity contribution in [3.05, 3.63) is 58.1 Å². The van der Waals surface area contributed by atoms with Crippen LogP contribution in [-0.4, -0.2) is 5.78 Å². The van der Waals surface area contributed by atoms with Crippen LogP contribution in [0.1, 0.15) is 17.3 Å². The summed E-state index contributed by atoms with van der Waals surface area (Å²) < 4.78 is 32.5. The highest BCUT2D eigenvalue weighted by molar-refractivity contribution is 9.10. The van der Waals surface area contributed by atoms with E-state index >= 15 is 0 Å². The molecule has 0 aliphatic rings. The maximum Gasteiger partial charge on any atom is 0.201 e. The molecule has 0 atom stereocenters. The first kappa shape index (κ1) is 13.7. The Balaban J connectivity index is 2.45. The number of benzene rings is 2. The summed E-state index contributed by atoms with van der Waals surface area (Å²) in [6, 6.07) is 8.70. The van der Waals surface area contributed by atoms with Crippen molar-refractivity contribution in [3.8, 4) is 11.5 Å². The minimum Gasteiger partial charge on any atom is -0.453 e. The van der Waals surface area contributed by atoms with Crippen LogP contribution in [0.2, 0.25) is 0 Å². The Morgan fingerprint density at radius 3 is 2.53 bits per heavy atom.